The van der Waals surface area contributed by atoms with E-state index in [-0.39, 0.29) is 28.3 Å². The van der Waals surface area contributed by atoms with Crippen LogP contribution in [0.15, 0.2) is 41.4 Å². The average molecular weight is 302 g/mol. The van der Waals surface area contributed by atoms with Crippen LogP contribution in [0, 0.1) is 11.6 Å². The minimum absolute atomic E-state index is 0.223. The van der Waals surface area contributed by atoms with Crippen LogP contribution in [0.1, 0.15) is 19.4 Å². The van der Waals surface area contributed by atoms with Gasteiger partial charge in [0.15, 0.2) is 0 Å². The van der Waals surface area contributed by atoms with Gasteiger partial charge in [0.05, 0.1) is 5.54 Å². The fourth-order valence-corrected chi connectivity index (χ4v) is 2.31. The summed E-state index contributed by atoms with van der Waals surface area (Å²) in [6.45, 7) is 4.18. The van der Waals surface area contributed by atoms with Gasteiger partial charge in [-0.15, -0.1) is 0 Å². The second-order valence-electron chi connectivity index (χ2n) is 5.85. The van der Waals surface area contributed by atoms with Gasteiger partial charge in [0.25, 0.3) is 0 Å². The summed E-state index contributed by atoms with van der Waals surface area (Å²) in [5, 5.41) is 12.0. The first-order valence-corrected chi connectivity index (χ1v) is 6.85. The maximum atomic E-state index is 13.9. The summed E-state index contributed by atoms with van der Waals surface area (Å²) in [7, 11) is 0. The summed E-state index contributed by atoms with van der Waals surface area (Å²) < 4.78 is 32.4. The Kier molecular flexibility index (Phi) is 3.35. The molecule has 22 heavy (non-hydrogen) atoms. The summed E-state index contributed by atoms with van der Waals surface area (Å²) in [6, 6.07) is 7.70. The van der Waals surface area contributed by atoms with Crippen LogP contribution < -0.4 is 5.11 Å². The van der Waals surface area contributed by atoms with Gasteiger partial charge in [-0.05, 0) is 37.6 Å². The average Bonchev–Trinajstić information content (AvgIpc) is 2.80. The van der Waals surface area contributed by atoms with E-state index in [4.69, 9.17) is 4.74 Å². The van der Waals surface area contributed by atoms with Crippen LogP contribution in [-0.4, -0.2) is 18.0 Å². The summed E-state index contributed by atoms with van der Waals surface area (Å²) in [5.74, 6) is -1.31. The molecule has 0 radical (unpaired) electrons. The van der Waals surface area contributed by atoms with Crippen molar-refractivity contribution in [2.75, 3.05) is 6.61 Å². The van der Waals surface area contributed by atoms with Crippen LogP contribution in [0.5, 0.6) is 5.75 Å². The topological polar surface area (TPSA) is 44.6 Å². The van der Waals surface area contributed by atoms with Gasteiger partial charge in [0.2, 0.25) is 5.90 Å². The van der Waals surface area contributed by atoms with Crippen molar-refractivity contribution >= 4 is 5.90 Å². The van der Waals surface area contributed by atoms with E-state index in [0.717, 1.165) is 6.07 Å². The predicted molar refractivity (Wildman–Crippen MR) is 77.8 cm³/mol. The van der Waals surface area contributed by atoms with E-state index in [0.29, 0.717) is 12.2 Å². The third-order valence-corrected chi connectivity index (χ3v) is 3.42. The highest BCUT2D eigenvalue weighted by atomic mass is 19.1. The van der Waals surface area contributed by atoms with Crippen molar-refractivity contribution in [3.05, 3.63) is 53.6 Å². The van der Waals surface area contributed by atoms with Crippen molar-refractivity contribution in [2.24, 2.45) is 4.99 Å². The van der Waals surface area contributed by atoms with E-state index in [1.807, 2.05) is 13.8 Å². The minimum atomic E-state index is -0.681. The molecular weight excluding hydrogens is 288 g/mol. The molecule has 0 amide bonds. The fraction of sp³-hybridized carbons (Fsp3) is 0.235. The molecule has 2 aromatic rings. The van der Waals surface area contributed by atoms with Crippen LogP contribution in [-0.2, 0) is 4.74 Å². The van der Waals surface area contributed by atoms with Gasteiger partial charge in [-0.3, -0.25) is 0 Å². The molecule has 0 bridgehead atoms. The number of halogens is 2. The molecule has 0 aliphatic carbocycles. The van der Waals surface area contributed by atoms with Gasteiger partial charge in [-0.25, -0.2) is 13.8 Å². The molecule has 2 aromatic carbocycles. The molecule has 0 unspecified atom stereocenters. The summed E-state index contributed by atoms with van der Waals surface area (Å²) in [5.41, 5.74) is 0.592. The lowest BCUT2D eigenvalue weighted by molar-refractivity contribution is -0.268. The monoisotopic (exact) mass is 302 g/mol. The number of ether oxygens (including phenoxy) is 1. The van der Waals surface area contributed by atoms with E-state index >= 15 is 0 Å². The largest absolute Gasteiger partial charge is 0.872 e. The normalized spacial score (nSPS) is 16.3. The van der Waals surface area contributed by atoms with E-state index in [1.54, 1.807) is 0 Å². The lowest BCUT2D eigenvalue weighted by Crippen LogP contribution is -2.17. The Balaban J connectivity index is 2.07. The molecule has 0 atom stereocenters. The second kappa shape index (κ2) is 5.09. The maximum Gasteiger partial charge on any atom is 0.216 e. The Morgan fingerprint density at radius 3 is 2.50 bits per heavy atom. The van der Waals surface area contributed by atoms with E-state index < -0.39 is 11.6 Å². The molecule has 1 aliphatic heterocycles. The van der Waals surface area contributed by atoms with Crippen molar-refractivity contribution in [1.29, 1.82) is 0 Å². The minimum Gasteiger partial charge on any atom is -0.872 e. The second-order valence-corrected chi connectivity index (χ2v) is 5.85. The third-order valence-electron chi connectivity index (χ3n) is 3.42. The Morgan fingerprint density at radius 1 is 1.09 bits per heavy atom. The Labute approximate surface area is 126 Å². The van der Waals surface area contributed by atoms with Gasteiger partial charge in [-0.2, -0.15) is 0 Å². The van der Waals surface area contributed by atoms with Crippen molar-refractivity contribution in [1.82, 2.24) is 0 Å². The molecule has 1 heterocycles. The Bertz CT molecular complexity index is 769. The Morgan fingerprint density at radius 2 is 1.86 bits per heavy atom. The highest BCUT2D eigenvalue weighted by molar-refractivity contribution is 5.99. The summed E-state index contributed by atoms with van der Waals surface area (Å²) >= 11 is 0. The van der Waals surface area contributed by atoms with Gasteiger partial charge >= 0.3 is 0 Å². The fourth-order valence-electron chi connectivity index (χ4n) is 2.31. The third kappa shape index (κ3) is 2.66. The van der Waals surface area contributed by atoms with Crippen LogP contribution in [0.2, 0.25) is 0 Å². The quantitative estimate of drug-likeness (QED) is 0.854. The number of nitrogens with zero attached hydrogens (tertiary/aromatic N) is 1. The molecule has 0 aromatic heterocycles. The lowest BCUT2D eigenvalue weighted by Gasteiger charge is -2.15. The first-order valence-electron chi connectivity index (χ1n) is 6.85. The van der Waals surface area contributed by atoms with Gasteiger partial charge < -0.3 is 9.84 Å². The lowest BCUT2D eigenvalue weighted by atomic mass is 10.0. The van der Waals surface area contributed by atoms with Gasteiger partial charge in [0, 0.05) is 17.2 Å². The first kappa shape index (κ1) is 14.5. The molecule has 0 N–H and O–H groups in total. The van der Waals surface area contributed by atoms with Crippen molar-refractivity contribution in [2.45, 2.75) is 19.4 Å². The number of aliphatic imine (C=N–C) groups is 1. The molecule has 1 aliphatic rings. The molecule has 114 valence electrons. The highest BCUT2D eigenvalue weighted by Gasteiger charge is 2.27. The first-order chi connectivity index (χ1) is 10.4. The van der Waals surface area contributed by atoms with Crippen molar-refractivity contribution in [3.8, 4) is 16.9 Å². The molecule has 0 saturated carbocycles. The van der Waals surface area contributed by atoms with Crippen molar-refractivity contribution < 1.29 is 18.6 Å². The molecule has 0 spiro atoms. The SMILES string of the molecule is CC1(C)COC(c2cc(-c3ccc(F)cc3F)ccc2[O-])=N1. The smallest absolute Gasteiger partial charge is 0.216 e. The molecular formula is C17H14F2NO2-. The summed E-state index contributed by atoms with van der Waals surface area (Å²) in [4.78, 5) is 4.36. The zero-order chi connectivity index (χ0) is 15.9. The van der Waals surface area contributed by atoms with E-state index in [2.05, 4.69) is 4.99 Å². The van der Waals surface area contributed by atoms with Gasteiger partial charge in [-0.1, -0.05) is 17.9 Å². The highest BCUT2D eigenvalue weighted by Crippen LogP contribution is 2.30. The number of hydrogen-bond donors (Lipinski definition) is 0. The molecule has 0 saturated heterocycles. The zero-order valence-corrected chi connectivity index (χ0v) is 12.2. The van der Waals surface area contributed by atoms with Crippen molar-refractivity contribution in [3.63, 3.8) is 0 Å². The molecule has 3 nitrogen and oxygen atoms in total. The molecule has 0 fully saturated rings. The predicted octanol–water partition coefficient (Wildman–Crippen LogP) is 3.26. The van der Waals surface area contributed by atoms with Crippen LogP contribution in [0.3, 0.4) is 0 Å². The van der Waals surface area contributed by atoms with Crippen LogP contribution >= 0.6 is 0 Å². The molecule has 3 rings (SSSR count). The standard InChI is InChI=1S/C17H15F2NO2/c1-17(2)9-22-16(20-17)13-7-10(3-6-15(13)21)12-5-4-11(18)8-14(12)19/h3-8,21H,9H2,1-2H3/p-1. The van der Waals surface area contributed by atoms with E-state index in [9.17, 15) is 13.9 Å². The number of rotatable bonds is 2. The van der Waals surface area contributed by atoms with Crippen LogP contribution in [0.4, 0.5) is 8.78 Å². The summed E-state index contributed by atoms with van der Waals surface area (Å²) in [6.07, 6.45) is 0. The van der Waals surface area contributed by atoms with Crippen LogP contribution in [0.25, 0.3) is 11.1 Å². The van der Waals surface area contributed by atoms with E-state index in [1.165, 1.54) is 30.3 Å². The van der Waals surface area contributed by atoms with Gasteiger partial charge in [0.1, 0.15) is 18.2 Å². The maximum absolute atomic E-state index is 13.9. The zero-order valence-electron chi connectivity index (χ0n) is 12.2. The molecule has 5 heteroatoms. The number of hydrogen-bond acceptors (Lipinski definition) is 3. The Hall–Kier alpha value is -2.43. The number of benzene rings is 2.